The van der Waals surface area contributed by atoms with Crippen molar-refractivity contribution >= 4 is 46.3 Å². The number of thioether (sulfide) groups is 1. The van der Waals surface area contributed by atoms with Crippen molar-refractivity contribution in [3.8, 4) is 0 Å². The number of nitro benzene ring substituents is 1. The second-order valence-electron chi connectivity index (χ2n) is 5.08. The molecular weight excluding hydrogens is 366 g/mol. The molecular formula is C15H12ClN5O3S. The maximum Gasteiger partial charge on any atom is 0.271 e. The molecule has 0 saturated carbocycles. The Bertz CT molecular complexity index is 961. The predicted molar refractivity (Wildman–Crippen MR) is 95.0 cm³/mol. The number of amides is 1. The van der Waals surface area contributed by atoms with Gasteiger partial charge in [0.15, 0.2) is 10.8 Å². The van der Waals surface area contributed by atoms with Crippen LogP contribution in [0.15, 0.2) is 47.8 Å². The third kappa shape index (κ3) is 3.72. The molecule has 10 heteroatoms. The number of aromatic nitrogens is 3. The summed E-state index contributed by atoms with van der Waals surface area (Å²) < 4.78 is 1.79. The zero-order valence-electron chi connectivity index (χ0n) is 12.9. The number of rotatable bonds is 5. The van der Waals surface area contributed by atoms with Gasteiger partial charge in [-0.2, -0.15) is 0 Å². The van der Waals surface area contributed by atoms with Crippen LogP contribution in [0.3, 0.4) is 0 Å². The van der Waals surface area contributed by atoms with E-state index in [0.717, 1.165) is 0 Å². The summed E-state index contributed by atoms with van der Waals surface area (Å²) in [4.78, 5) is 22.5. The number of halogens is 1. The smallest absolute Gasteiger partial charge is 0.271 e. The van der Waals surface area contributed by atoms with E-state index in [-0.39, 0.29) is 16.6 Å². The number of hydrogen-bond acceptors (Lipinski definition) is 6. The summed E-state index contributed by atoms with van der Waals surface area (Å²) in [5.74, 6) is -0.298. The molecule has 3 aromatic rings. The van der Waals surface area contributed by atoms with Crippen molar-refractivity contribution in [3.05, 3.63) is 57.7 Å². The molecule has 0 fully saturated rings. The second-order valence-corrected chi connectivity index (χ2v) is 6.80. The van der Waals surface area contributed by atoms with Gasteiger partial charge in [-0.1, -0.05) is 29.4 Å². The van der Waals surface area contributed by atoms with E-state index in [4.69, 9.17) is 11.6 Å². The molecule has 8 nitrogen and oxygen atoms in total. The monoisotopic (exact) mass is 377 g/mol. The van der Waals surface area contributed by atoms with E-state index < -0.39 is 10.2 Å². The quantitative estimate of drug-likeness (QED) is 0.415. The fourth-order valence-electron chi connectivity index (χ4n) is 2.06. The lowest BCUT2D eigenvalue weighted by Gasteiger charge is -2.12. The largest absolute Gasteiger partial charge is 0.324 e. The number of nitrogens with one attached hydrogen (secondary N) is 1. The Hall–Kier alpha value is -2.65. The molecule has 0 aliphatic heterocycles. The first kappa shape index (κ1) is 17.2. The van der Waals surface area contributed by atoms with E-state index in [1.54, 1.807) is 11.3 Å². The number of anilines is 1. The van der Waals surface area contributed by atoms with Gasteiger partial charge in [0.25, 0.3) is 5.69 Å². The zero-order chi connectivity index (χ0) is 18.0. The highest BCUT2D eigenvalue weighted by atomic mass is 35.5. The first-order valence-corrected chi connectivity index (χ1v) is 8.42. The number of pyridine rings is 1. The Balaban J connectivity index is 1.72. The van der Waals surface area contributed by atoms with Crippen LogP contribution in [0.1, 0.15) is 6.92 Å². The van der Waals surface area contributed by atoms with Crippen LogP contribution in [0, 0.1) is 10.1 Å². The van der Waals surface area contributed by atoms with Crippen LogP contribution in [0.2, 0.25) is 5.02 Å². The van der Waals surface area contributed by atoms with Gasteiger partial charge in [-0.05, 0) is 25.1 Å². The zero-order valence-corrected chi connectivity index (χ0v) is 14.5. The first-order valence-electron chi connectivity index (χ1n) is 7.17. The van der Waals surface area contributed by atoms with Crippen molar-refractivity contribution in [2.75, 3.05) is 5.32 Å². The number of nitro groups is 1. The Morgan fingerprint density at radius 3 is 2.88 bits per heavy atom. The summed E-state index contributed by atoms with van der Waals surface area (Å²) in [6.45, 7) is 1.73. The molecule has 1 amide bonds. The van der Waals surface area contributed by atoms with Crippen LogP contribution in [0.4, 0.5) is 11.4 Å². The van der Waals surface area contributed by atoms with Gasteiger partial charge in [0.1, 0.15) is 0 Å². The predicted octanol–water partition coefficient (Wildman–Crippen LogP) is 3.41. The average Bonchev–Trinajstić information content (AvgIpc) is 2.99. The van der Waals surface area contributed by atoms with Gasteiger partial charge >= 0.3 is 0 Å². The number of non-ortho nitro benzene ring substituents is 1. The summed E-state index contributed by atoms with van der Waals surface area (Å²) in [5, 5.41) is 21.7. The van der Waals surface area contributed by atoms with E-state index >= 15 is 0 Å². The highest BCUT2D eigenvalue weighted by Gasteiger charge is 2.19. The molecule has 0 aliphatic rings. The molecule has 0 bridgehead atoms. The molecule has 1 atom stereocenters. The molecule has 2 heterocycles. The van der Waals surface area contributed by atoms with Crippen LogP contribution >= 0.6 is 23.4 Å². The van der Waals surface area contributed by atoms with Gasteiger partial charge in [0.2, 0.25) is 5.91 Å². The number of carbonyl (C=O) groups is 1. The Morgan fingerprint density at radius 2 is 2.16 bits per heavy atom. The molecule has 3 rings (SSSR count). The van der Waals surface area contributed by atoms with E-state index in [9.17, 15) is 14.9 Å². The van der Waals surface area contributed by atoms with E-state index in [1.165, 1.54) is 30.0 Å². The third-order valence-corrected chi connectivity index (χ3v) is 4.72. The molecule has 0 saturated heterocycles. The summed E-state index contributed by atoms with van der Waals surface area (Å²) in [5.41, 5.74) is 0.868. The summed E-state index contributed by atoms with van der Waals surface area (Å²) in [7, 11) is 0. The number of fused-ring (bicyclic) bond motifs is 1. The molecule has 1 N–H and O–H groups in total. The van der Waals surface area contributed by atoms with Gasteiger partial charge < -0.3 is 5.32 Å². The summed E-state index contributed by atoms with van der Waals surface area (Å²) >= 11 is 7.24. The topological polar surface area (TPSA) is 102 Å². The van der Waals surface area contributed by atoms with Crippen molar-refractivity contribution in [1.82, 2.24) is 14.6 Å². The molecule has 2 aromatic heterocycles. The SMILES string of the molecule is C[C@H](Sc1nnc2ccccn12)C(=O)Nc1ccc([N+](=O)[O-])cc1Cl. The first-order chi connectivity index (χ1) is 12.0. The van der Waals surface area contributed by atoms with Gasteiger partial charge in [-0.25, -0.2) is 0 Å². The number of hydrogen-bond donors (Lipinski definition) is 1. The summed E-state index contributed by atoms with van der Waals surface area (Å²) in [6.07, 6.45) is 1.81. The van der Waals surface area contributed by atoms with Crippen molar-refractivity contribution in [1.29, 1.82) is 0 Å². The lowest BCUT2D eigenvalue weighted by atomic mass is 10.2. The number of nitrogens with zero attached hydrogens (tertiary/aromatic N) is 4. The van der Waals surface area contributed by atoms with Crippen LogP contribution in [0.5, 0.6) is 0 Å². The van der Waals surface area contributed by atoms with Crippen LogP contribution < -0.4 is 5.32 Å². The number of benzene rings is 1. The maximum absolute atomic E-state index is 12.4. The van der Waals surface area contributed by atoms with Crippen LogP contribution in [-0.2, 0) is 4.79 Å². The van der Waals surface area contributed by atoms with Crippen molar-refractivity contribution in [2.24, 2.45) is 0 Å². The van der Waals surface area contributed by atoms with Crippen LogP contribution in [0.25, 0.3) is 5.65 Å². The number of carbonyl (C=O) groups excluding carboxylic acids is 1. The van der Waals surface area contributed by atoms with Crippen molar-refractivity contribution in [3.63, 3.8) is 0 Å². The Morgan fingerprint density at radius 1 is 1.36 bits per heavy atom. The molecule has 0 aliphatic carbocycles. The molecule has 128 valence electrons. The van der Waals surface area contributed by atoms with E-state index in [0.29, 0.717) is 16.5 Å². The molecule has 0 unspecified atom stereocenters. The van der Waals surface area contributed by atoms with Gasteiger partial charge in [0, 0.05) is 18.3 Å². The fraction of sp³-hybridized carbons (Fsp3) is 0.133. The maximum atomic E-state index is 12.4. The minimum absolute atomic E-state index is 0.104. The Labute approximate surface area is 151 Å². The van der Waals surface area contributed by atoms with Crippen LogP contribution in [-0.4, -0.2) is 30.7 Å². The lowest BCUT2D eigenvalue weighted by molar-refractivity contribution is -0.384. The van der Waals surface area contributed by atoms with Gasteiger partial charge in [-0.3, -0.25) is 19.3 Å². The molecule has 0 radical (unpaired) electrons. The standard InChI is InChI=1S/C15H12ClN5O3S/c1-9(25-15-19-18-13-4-2-3-7-20(13)15)14(22)17-12-6-5-10(21(23)24)8-11(12)16/h2-9H,1H3,(H,17,22)/t9-/m0/s1. The van der Waals surface area contributed by atoms with Crippen molar-refractivity contribution in [2.45, 2.75) is 17.3 Å². The second kappa shape index (κ2) is 7.08. The van der Waals surface area contributed by atoms with Gasteiger partial charge in [0.05, 0.1) is 20.9 Å². The summed E-state index contributed by atoms with van der Waals surface area (Å²) in [6, 6.07) is 9.40. The van der Waals surface area contributed by atoms with Gasteiger partial charge in [-0.15, -0.1) is 10.2 Å². The highest BCUT2D eigenvalue weighted by molar-refractivity contribution is 8.00. The fourth-order valence-corrected chi connectivity index (χ4v) is 3.12. The minimum Gasteiger partial charge on any atom is -0.324 e. The molecule has 1 aromatic carbocycles. The van der Waals surface area contributed by atoms with E-state index in [1.807, 2.05) is 24.4 Å². The van der Waals surface area contributed by atoms with Crippen molar-refractivity contribution < 1.29 is 9.72 Å². The molecule has 25 heavy (non-hydrogen) atoms. The third-order valence-electron chi connectivity index (χ3n) is 3.36. The normalized spacial score (nSPS) is 12.1. The van der Waals surface area contributed by atoms with E-state index in [2.05, 4.69) is 15.5 Å². The minimum atomic E-state index is -0.549. The average molecular weight is 378 g/mol. The molecule has 0 spiro atoms. The lowest BCUT2D eigenvalue weighted by Crippen LogP contribution is -2.22. The highest BCUT2D eigenvalue weighted by Crippen LogP contribution is 2.28. The Kier molecular flexibility index (Phi) is 4.86.